The molecule has 0 amide bonds. The molecule has 4 nitrogen and oxygen atoms in total. The highest BCUT2D eigenvalue weighted by molar-refractivity contribution is 6.13. The van der Waals surface area contributed by atoms with Crippen molar-refractivity contribution in [2.75, 3.05) is 0 Å². The fraction of sp³-hybridized carbons (Fsp3) is 0.0667. The van der Waals surface area contributed by atoms with E-state index in [0.717, 1.165) is 0 Å². The average molecular weight is 254 g/mol. The second-order valence-electron chi connectivity index (χ2n) is 4.33. The highest BCUT2D eigenvalue weighted by Gasteiger charge is 2.28. The van der Waals surface area contributed by atoms with Gasteiger partial charge in [0.2, 0.25) is 5.78 Å². The lowest BCUT2D eigenvalue weighted by atomic mass is 10.0. The molecule has 0 unspecified atom stereocenters. The van der Waals surface area contributed by atoms with Crippen LogP contribution >= 0.6 is 0 Å². The summed E-state index contributed by atoms with van der Waals surface area (Å²) >= 11 is 0. The minimum Gasteiger partial charge on any atom is -0.478 e. The molecule has 0 aromatic heterocycles. The summed E-state index contributed by atoms with van der Waals surface area (Å²) in [6.07, 6.45) is 9.40. The molecule has 4 heteroatoms. The lowest BCUT2D eigenvalue weighted by Gasteiger charge is -2.00. The Labute approximate surface area is 109 Å². The lowest BCUT2D eigenvalue weighted by molar-refractivity contribution is 0.0697. The number of rotatable bonds is 2. The van der Waals surface area contributed by atoms with E-state index >= 15 is 0 Å². The first-order valence-electron chi connectivity index (χ1n) is 5.82. The third-order valence-corrected chi connectivity index (χ3v) is 3.04. The van der Waals surface area contributed by atoms with E-state index in [4.69, 9.17) is 9.84 Å². The van der Waals surface area contributed by atoms with Crippen molar-refractivity contribution in [3.8, 4) is 5.75 Å². The number of carboxylic acid groups (broad SMARTS) is 1. The first-order valence-corrected chi connectivity index (χ1v) is 5.82. The number of benzene rings is 1. The molecule has 0 bridgehead atoms. The molecule has 0 fully saturated rings. The van der Waals surface area contributed by atoms with Gasteiger partial charge < -0.3 is 9.84 Å². The van der Waals surface area contributed by atoms with Crippen LogP contribution in [0.5, 0.6) is 5.75 Å². The number of carboxylic acids is 1. The van der Waals surface area contributed by atoms with E-state index < -0.39 is 5.97 Å². The Morgan fingerprint density at radius 1 is 1.26 bits per heavy atom. The fourth-order valence-corrected chi connectivity index (χ4v) is 2.07. The molecule has 0 saturated carbocycles. The maximum Gasteiger partial charge on any atom is 0.335 e. The predicted octanol–water partition coefficient (Wildman–Crippen LogP) is 2.59. The van der Waals surface area contributed by atoms with Gasteiger partial charge in [-0.15, -0.1) is 0 Å². The highest BCUT2D eigenvalue weighted by atomic mass is 16.5. The van der Waals surface area contributed by atoms with Crippen LogP contribution in [0.2, 0.25) is 0 Å². The molecule has 1 heterocycles. The van der Waals surface area contributed by atoms with Crippen LogP contribution in [0.15, 0.2) is 54.3 Å². The van der Waals surface area contributed by atoms with Gasteiger partial charge >= 0.3 is 5.97 Å². The van der Waals surface area contributed by atoms with E-state index in [1.165, 1.54) is 18.2 Å². The number of Topliss-reactive ketones (excluding diaryl/α,β-unsaturated/α-hetero) is 1. The zero-order valence-corrected chi connectivity index (χ0v) is 9.87. The number of aromatic carboxylic acids is 1. The van der Waals surface area contributed by atoms with E-state index in [1.807, 2.05) is 24.3 Å². The normalized spacial score (nSPS) is 18.9. The number of ketones is 1. The molecule has 3 rings (SSSR count). The number of fused-ring (bicyclic) bond motifs is 1. The van der Waals surface area contributed by atoms with Gasteiger partial charge in [-0.3, -0.25) is 4.79 Å². The maximum absolute atomic E-state index is 12.1. The summed E-state index contributed by atoms with van der Waals surface area (Å²) in [7, 11) is 0. The molecule has 19 heavy (non-hydrogen) atoms. The van der Waals surface area contributed by atoms with Gasteiger partial charge in [-0.2, -0.15) is 0 Å². The van der Waals surface area contributed by atoms with Crippen molar-refractivity contribution < 1.29 is 19.4 Å². The molecule has 1 aliphatic carbocycles. The number of hydrogen-bond donors (Lipinski definition) is 1. The number of ether oxygens (including phenoxy) is 1. The van der Waals surface area contributed by atoms with Crippen LogP contribution in [0.1, 0.15) is 20.7 Å². The van der Waals surface area contributed by atoms with Crippen molar-refractivity contribution in [2.24, 2.45) is 5.92 Å². The second-order valence-corrected chi connectivity index (χ2v) is 4.33. The molecule has 0 saturated heterocycles. The smallest absolute Gasteiger partial charge is 0.335 e. The van der Waals surface area contributed by atoms with Crippen LogP contribution in [0.25, 0.3) is 0 Å². The first kappa shape index (κ1) is 11.5. The van der Waals surface area contributed by atoms with E-state index in [0.29, 0.717) is 11.3 Å². The number of allylic oxidation sites excluding steroid dienone is 6. The van der Waals surface area contributed by atoms with Gasteiger partial charge in [-0.1, -0.05) is 24.3 Å². The number of carbonyl (C=O) groups is 2. The van der Waals surface area contributed by atoms with Crippen molar-refractivity contribution in [2.45, 2.75) is 0 Å². The summed E-state index contributed by atoms with van der Waals surface area (Å²) < 4.78 is 5.47. The lowest BCUT2D eigenvalue weighted by Crippen LogP contribution is -2.02. The predicted molar refractivity (Wildman–Crippen MR) is 68.2 cm³/mol. The van der Waals surface area contributed by atoms with Crippen LogP contribution in [0.4, 0.5) is 0 Å². The Kier molecular flexibility index (Phi) is 2.56. The topological polar surface area (TPSA) is 63.6 Å². The minimum atomic E-state index is -1.06. The number of carbonyl (C=O) groups excluding carboxylic acids is 1. The Morgan fingerprint density at radius 3 is 2.68 bits per heavy atom. The summed E-state index contributed by atoms with van der Waals surface area (Å²) in [5.74, 6) is -0.625. The van der Waals surface area contributed by atoms with Gasteiger partial charge in [-0.25, -0.2) is 4.79 Å². The quantitative estimate of drug-likeness (QED) is 0.824. The number of hydrogen-bond acceptors (Lipinski definition) is 3. The SMILES string of the molecule is O=C(O)c1ccc2c(c1)C(=O)C(=CC1C=CC=C1)O2. The van der Waals surface area contributed by atoms with Gasteiger partial charge in [-0.05, 0) is 24.3 Å². The Bertz CT molecular complexity index is 653. The van der Waals surface area contributed by atoms with Crippen LogP contribution in [-0.4, -0.2) is 16.9 Å². The molecule has 0 radical (unpaired) electrons. The molecule has 1 aliphatic heterocycles. The van der Waals surface area contributed by atoms with Crippen LogP contribution in [0, 0.1) is 5.92 Å². The molecule has 94 valence electrons. The summed E-state index contributed by atoms with van der Waals surface area (Å²) in [6.45, 7) is 0. The van der Waals surface area contributed by atoms with Gasteiger partial charge in [0.15, 0.2) is 5.76 Å². The van der Waals surface area contributed by atoms with Crippen molar-refractivity contribution >= 4 is 11.8 Å². The maximum atomic E-state index is 12.1. The molecule has 2 aliphatic rings. The molecule has 1 aromatic rings. The molecule has 0 atom stereocenters. The van der Waals surface area contributed by atoms with Crippen molar-refractivity contribution in [1.82, 2.24) is 0 Å². The average Bonchev–Trinajstić information content (AvgIpc) is 2.99. The summed E-state index contributed by atoms with van der Waals surface area (Å²) in [6, 6.07) is 4.28. The van der Waals surface area contributed by atoms with Crippen LogP contribution < -0.4 is 4.74 Å². The molecule has 1 aromatic carbocycles. The van der Waals surface area contributed by atoms with Gasteiger partial charge in [0.05, 0.1) is 11.1 Å². The summed E-state index contributed by atoms with van der Waals surface area (Å²) in [5.41, 5.74) is 0.384. The van der Waals surface area contributed by atoms with E-state index in [2.05, 4.69) is 0 Å². The molecular weight excluding hydrogens is 244 g/mol. The van der Waals surface area contributed by atoms with Gasteiger partial charge in [0.25, 0.3) is 0 Å². The summed E-state index contributed by atoms with van der Waals surface area (Å²) in [5, 5.41) is 8.91. The third-order valence-electron chi connectivity index (χ3n) is 3.04. The highest BCUT2D eigenvalue weighted by Crippen LogP contribution is 2.32. The summed E-state index contributed by atoms with van der Waals surface area (Å²) in [4.78, 5) is 23.0. The standard InChI is InChI=1S/C15H10O4/c16-14-11-8-10(15(17)18)5-6-12(11)19-13(14)7-9-3-1-2-4-9/h1-9H,(H,17,18). The largest absolute Gasteiger partial charge is 0.478 e. The molecule has 0 spiro atoms. The zero-order chi connectivity index (χ0) is 13.4. The zero-order valence-electron chi connectivity index (χ0n) is 9.87. The van der Waals surface area contributed by atoms with Crippen molar-refractivity contribution in [3.05, 3.63) is 65.5 Å². The molecule has 1 N–H and O–H groups in total. The minimum absolute atomic E-state index is 0.0483. The van der Waals surface area contributed by atoms with Crippen molar-refractivity contribution in [1.29, 1.82) is 0 Å². The third kappa shape index (κ3) is 1.97. The van der Waals surface area contributed by atoms with E-state index in [-0.39, 0.29) is 23.0 Å². The van der Waals surface area contributed by atoms with Crippen molar-refractivity contribution in [3.63, 3.8) is 0 Å². The van der Waals surface area contributed by atoms with Gasteiger partial charge in [0.1, 0.15) is 5.75 Å². The molecular formula is C15H10O4. The second kappa shape index (κ2) is 4.24. The fourth-order valence-electron chi connectivity index (χ4n) is 2.07. The first-order chi connectivity index (χ1) is 9.15. The van der Waals surface area contributed by atoms with Gasteiger partial charge in [0, 0.05) is 5.92 Å². The monoisotopic (exact) mass is 254 g/mol. The Hall–Kier alpha value is -2.62. The Morgan fingerprint density at radius 2 is 2.00 bits per heavy atom. The van der Waals surface area contributed by atoms with Crippen LogP contribution in [0.3, 0.4) is 0 Å². The van der Waals surface area contributed by atoms with E-state index in [9.17, 15) is 9.59 Å². The Balaban J connectivity index is 1.95. The van der Waals surface area contributed by atoms with Crippen LogP contribution in [-0.2, 0) is 0 Å². The van der Waals surface area contributed by atoms with E-state index in [1.54, 1.807) is 6.08 Å².